The van der Waals surface area contributed by atoms with Crippen molar-refractivity contribution in [2.75, 3.05) is 5.75 Å². The van der Waals surface area contributed by atoms with Crippen molar-refractivity contribution in [3.8, 4) is 0 Å². The summed E-state index contributed by atoms with van der Waals surface area (Å²) in [5.41, 5.74) is 0. The standard InChI is InChI=1S/C16H31FO2S/c1-5-6-7-11-15(16(18)19-13(2)3)20-12-9-8-10-14(4)17/h13-15H,5-12H2,1-4H3. The van der Waals surface area contributed by atoms with Gasteiger partial charge in [-0.25, -0.2) is 4.39 Å². The first kappa shape index (κ1) is 19.8. The molecule has 0 bridgehead atoms. The maximum atomic E-state index is 12.7. The summed E-state index contributed by atoms with van der Waals surface area (Å²) in [6.45, 7) is 7.52. The number of ether oxygens (including phenoxy) is 1. The minimum absolute atomic E-state index is 0.0493. The molecule has 2 atom stereocenters. The molecule has 0 amide bonds. The van der Waals surface area contributed by atoms with Crippen molar-refractivity contribution < 1.29 is 13.9 Å². The van der Waals surface area contributed by atoms with E-state index < -0.39 is 6.17 Å². The third-order valence-electron chi connectivity index (χ3n) is 3.00. The SMILES string of the molecule is CCCCCC(SCCCCC(C)F)C(=O)OC(C)C. The Morgan fingerprint density at radius 2 is 1.75 bits per heavy atom. The molecule has 2 unspecified atom stereocenters. The molecular formula is C16H31FO2S. The van der Waals surface area contributed by atoms with Crippen LogP contribution in [0.25, 0.3) is 0 Å². The van der Waals surface area contributed by atoms with Gasteiger partial charge in [0, 0.05) is 0 Å². The third-order valence-corrected chi connectivity index (χ3v) is 4.35. The van der Waals surface area contributed by atoms with E-state index in [1.54, 1.807) is 18.7 Å². The molecule has 0 aromatic carbocycles. The molecule has 0 aliphatic rings. The van der Waals surface area contributed by atoms with E-state index in [-0.39, 0.29) is 17.3 Å². The lowest BCUT2D eigenvalue weighted by atomic mass is 10.1. The van der Waals surface area contributed by atoms with E-state index >= 15 is 0 Å². The molecule has 0 N–H and O–H groups in total. The van der Waals surface area contributed by atoms with Crippen molar-refractivity contribution in [2.45, 2.75) is 90.2 Å². The Morgan fingerprint density at radius 3 is 2.30 bits per heavy atom. The molecule has 0 aliphatic heterocycles. The molecule has 120 valence electrons. The van der Waals surface area contributed by atoms with Crippen LogP contribution in [0.5, 0.6) is 0 Å². The Labute approximate surface area is 128 Å². The average molecular weight is 306 g/mol. The van der Waals surface area contributed by atoms with Crippen LogP contribution in [0.2, 0.25) is 0 Å². The van der Waals surface area contributed by atoms with Gasteiger partial charge >= 0.3 is 5.97 Å². The topological polar surface area (TPSA) is 26.3 Å². The number of carbonyl (C=O) groups is 1. The van der Waals surface area contributed by atoms with E-state index in [9.17, 15) is 9.18 Å². The molecule has 4 heteroatoms. The normalized spacial score (nSPS) is 14.3. The van der Waals surface area contributed by atoms with Gasteiger partial charge in [0.1, 0.15) is 5.25 Å². The van der Waals surface area contributed by atoms with Crippen molar-refractivity contribution in [1.82, 2.24) is 0 Å². The summed E-state index contributed by atoms with van der Waals surface area (Å²) in [5, 5.41) is -0.0493. The summed E-state index contributed by atoms with van der Waals surface area (Å²) >= 11 is 1.68. The second-order valence-electron chi connectivity index (χ2n) is 5.62. The first-order valence-corrected chi connectivity index (χ1v) is 8.98. The minimum Gasteiger partial charge on any atom is -0.462 e. The van der Waals surface area contributed by atoms with E-state index in [0.29, 0.717) is 6.42 Å². The molecule has 0 saturated carbocycles. The number of thioether (sulfide) groups is 1. The monoisotopic (exact) mass is 306 g/mol. The average Bonchev–Trinajstić information content (AvgIpc) is 2.35. The molecule has 2 nitrogen and oxygen atoms in total. The molecule has 0 spiro atoms. The van der Waals surface area contributed by atoms with E-state index in [2.05, 4.69) is 6.92 Å². The molecule has 20 heavy (non-hydrogen) atoms. The number of esters is 1. The lowest BCUT2D eigenvalue weighted by Crippen LogP contribution is -2.24. The Hall–Kier alpha value is -0.250. The summed E-state index contributed by atoms with van der Waals surface area (Å²) in [7, 11) is 0. The van der Waals surface area contributed by atoms with Gasteiger partial charge in [0.05, 0.1) is 12.3 Å². The summed E-state index contributed by atoms with van der Waals surface area (Å²) in [6, 6.07) is 0. The molecule has 0 aromatic heterocycles. The first-order chi connectivity index (χ1) is 9.47. The van der Waals surface area contributed by atoms with Crippen LogP contribution in [0.1, 0.15) is 72.6 Å². The Morgan fingerprint density at radius 1 is 1.10 bits per heavy atom. The second-order valence-corrected chi connectivity index (χ2v) is 6.93. The van der Waals surface area contributed by atoms with Crippen molar-refractivity contribution >= 4 is 17.7 Å². The molecule has 0 radical (unpaired) electrons. The largest absolute Gasteiger partial charge is 0.462 e. The minimum atomic E-state index is -0.716. The second kappa shape index (κ2) is 12.5. The molecule has 0 aromatic rings. The van der Waals surface area contributed by atoms with Crippen molar-refractivity contribution in [2.24, 2.45) is 0 Å². The van der Waals surface area contributed by atoms with E-state index in [1.165, 1.54) is 0 Å². The number of carbonyl (C=O) groups excluding carboxylic acids is 1. The first-order valence-electron chi connectivity index (χ1n) is 7.93. The molecule has 0 saturated heterocycles. The zero-order valence-electron chi connectivity index (χ0n) is 13.5. The van der Waals surface area contributed by atoms with E-state index in [4.69, 9.17) is 4.74 Å². The highest BCUT2D eigenvalue weighted by atomic mass is 32.2. The van der Waals surface area contributed by atoms with Crippen LogP contribution in [0.3, 0.4) is 0 Å². The highest BCUT2D eigenvalue weighted by Crippen LogP contribution is 2.22. The van der Waals surface area contributed by atoms with Gasteiger partial charge in [-0.1, -0.05) is 26.2 Å². The smallest absolute Gasteiger partial charge is 0.319 e. The van der Waals surface area contributed by atoms with Crippen LogP contribution in [0.4, 0.5) is 4.39 Å². The molecule has 0 heterocycles. The van der Waals surface area contributed by atoms with Gasteiger partial charge in [-0.15, -0.1) is 11.8 Å². The summed E-state index contributed by atoms with van der Waals surface area (Å²) < 4.78 is 18.0. The van der Waals surface area contributed by atoms with Crippen LogP contribution in [-0.4, -0.2) is 29.2 Å². The number of hydrogen-bond acceptors (Lipinski definition) is 3. The van der Waals surface area contributed by atoms with E-state index in [0.717, 1.165) is 44.3 Å². The van der Waals surface area contributed by atoms with Crippen molar-refractivity contribution in [3.63, 3.8) is 0 Å². The van der Waals surface area contributed by atoms with Gasteiger partial charge < -0.3 is 4.74 Å². The molecule has 0 aliphatic carbocycles. The summed E-state index contributed by atoms with van der Waals surface area (Å²) in [4.78, 5) is 12.0. The predicted octanol–water partition coefficient (Wildman–Crippen LogP) is 5.15. The van der Waals surface area contributed by atoms with Crippen molar-refractivity contribution in [3.05, 3.63) is 0 Å². The van der Waals surface area contributed by atoms with Crippen LogP contribution >= 0.6 is 11.8 Å². The fraction of sp³-hybridized carbons (Fsp3) is 0.938. The predicted molar refractivity (Wildman–Crippen MR) is 86.0 cm³/mol. The third kappa shape index (κ3) is 11.6. The van der Waals surface area contributed by atoms with Crippen LogP contribution < -0.4 is 0 Å². The number of hydrogen-bond donors (Lipinski definition) is 0. The summed E-state index contributed by atoms with van der Waals surface area (Å²) in [5.74, 6) is 0.830. The molecule has 0 rings (SSSR count). The van der Waals surface area contributed by atoms with Gasteiger partial charge in [0.25, 0.3) is 0 Å². The van der Waals surface area contributed by atoms with Crippen LogP contribution in [-0.2, 0) is 9.53 Å². The molecule has 0 fully saturated rings. The Balaban J connectivity index is 4.00. The highest BCUT2D eigenvalue weighted by molar-refractivity contribution is 8.00. The zero-order valence-corrected chi connectivity index (χ0v) is 14.3. The maximum Gasteiger partial charge on any atom is 0.319 e. The number of halogens is 1. The van der Waals surface area contributed by atoms with Gasteiger partial charge in [0.15, 0.2) is 0 Å². The zero-order chi connectivity index (χ0) is 15.4. The van der Waals surface area contributed by atoms with E-state index in [1.807, 2.05) is 13.8 Å². The fourth-order valence-electron chi connectivity index (χ4n) is 1.91. The van der Waals surface area contributed by atoms with Crippen LogP contribution in [0, 0.1) is 0 Å². The quantitative estimate of drug-likeness (QED) is 0.368. The Bertz CT molecular complexity index is 245. The lowest BCUT2D eigenvalue weighted by molar-refractivity contribution is -0.146. The van der Waals surface area contributed by atoms with Gasteiger partial charge in [-0.05, 0) is 52.2 Å². The van der Waals surface area contributed by atoms with Gasteiger partial charge in [-0.2, -0.15) is 0 Å². The fourth-order valence-corrected chi connectivity index (χ4v) is 3.09. The Kier molecular flexibility index (Phi) is 12.3. The number of unbranched alkanes of at least 4 members (excludes halogenated alkanes) is 3. The van der Waals surface area contributed by atoms with Crippen LogP contribution in [0.15, 0.2) is 0 Å². The lowest BCUT2D eigenvalue weighted by Gasteiger charge is -2.17. The summed E-state index contributed by atoms with van der Waals surface area (Å²) in [6.07, 6.45) is 6.00. The number of rotatable bonds is 12. The van der Waals surface area contributed by atoms with Gasteiger partial charge in [-0.3, -0.25) is 4.79 Å². The van der Waals surface area contributed by atoms with Gasteiger partial charge in [0.2, 0.25) is 0 Å². The maximum absolute atomic E-state index is 12.7. The highest BCUT2D eigenvalue weighted by Gasteiger charge is 2.20. The molecular weight excluding hydrogens is 275 g/mol. The van der Waals surface area contributed by atoms with Crippen molar-refractivity contribution in [1.29, 1.82) is 0 Å². The number of alkyl halides is 1.